The molecule has 0 aliphatic carbocycles. The van der Waals surface area contributed by atoms with Gasteiger partial charge in [0.2, 0.25) is 0 Å². The lowest BCUT2D eigenvalue weighted by atomic mass is 10.0. The third-order valence-corrected chi connectivity index (χ3v) is 1.64. The molecule has 0 fully saturated rings. The molecule has 0 spiro atoms. The molecule has 0 aromatic heterocycles. The van der Waals surface area contributed by atoms with Crippen LogP contribution in [0.3, 0.4) is 0 Å². The molecular formula is C11H21NO2. The fraction of sp³-hybridized carbons (Fsp3) is 0.727. The number of nitrogens with two attached hydrogens (primary N) is 1. The van der Waals surface area contributed by atoms with Crippen LogP contribution < -0.4 is 5.73 Å². The van der Waals surface area contributed by atoms with Crippen LogP contribution in [0.1, 0.15) is 40.5 Å². The van der Waals surface area contributed by atoms with E-state index in [0.717, 1.165) is 12.8 Å². The van der Waals surface area contributed by atoms with E-state index in [1.807, 2.05) is 13.8 Å². The van der Waals surface area contributed by atoms with Crippen molar-refractivity contribution in [3.05, 3.63) is 11.6 Å². The van der Waals surface area contributed by atoms with Crippen molar-refractivity contribution in [2.24, 2.45) is 5.73 Å². The Hall–Kier alpha value is -0.830. The van der Waals surface area contributed by atoms with Crippen LogP contribution in [-0.4, -0.2) is 18.1 Å². The van der Waals surface area contributed by atoms with Gasteiger partial charge in [-0.2, -0.15) is 0 Å². The Morgan fingerprint density at radius 2 is 2.07 bits per heavy atom. The summed E-state index contributed by atoms with van der Waals surface area (Å²) in [6.45, 7) is 7.96. The van der Waals surface area contributed by atoms with E-state index in [4.69, 9.17) is 10.5 Å². The van der Waals surface area contributed by atoms with Crippen molar-refractivity contribution in [2.45, 2.75) is 46.1 Å². The lowest BCUT2D eigenvalue weighted by Gasteiger charge is -2.14. The van der Waals surface area contributed by atoms with Gasteiger partial charge in [-0.25, -0.2) is 4.79 Å². The smallest absolute Gasteiger partial charge is 0.333 e. The number of ether oxygens (including phenoxy) is 1. The van der Waals surface area contributed by atoms with Crippen LogP contribution in [0.4, 0.5) is 0 Å². The molecule has 0 bridgehead atoms. The zero-order valence-corrected chi connectivity index (χ0v) is 9.59. The normalized spacial score (nSPS) is 12.8. The first kappa shape index (κ1) is 13.2. The monoisotopic (exact) mass is 199 g/mol. The lowest BCUT2D eigenvalue weighted by molar-refractivity contribution is -0.139. The molecule has 3 heteroatoms. The molecule has 82 valence electrons. The zero-order valence-electron chi connectivity index (χ0n) is 9.59. The lowest BCUT2D eigenvalue weighted by Crippen LogP contribution is -2.30. The second-order valence-electron chi connectivity index (χ2n) is 4.14. The van der Waals surface area contributed by atoms with Crippen molar-refractivity contribution in [2.75, 3.05) is 6.61 Å². The van der Waals surface area contributed by atoms with Crippen LogP contribution >= 0.6 is 0 Å². The van der Waals surface area contributed by atoms with Gasteiger partial charge in [-0.05, 0) is 27.2 Å². The Balaban J connectivity index is 4.06. The highest BCUT2D eigenvalue weighted by Crippen LogP contribution is 2.06. The second kappa shape index (κ2) is 5.81. The third-order valence-electron chi connectivity index (χ3n) is 1.64. The number of esters is 1. The van der Waals surface area contributed by atoms with Gasteiger partial charge in [-0.1, -0.05) is 19.4 Å². The van der Waals surface area contributed by atoms with Crippen LogP contribution in [0.5, 0.6) is 0 Å². The molecule has 0 saturated heterocycles. The summed E-state index contributed by atoms with van der Waals surface area (Å²) in [7, 11) is 0. The predicted molar refractivity (Wildman–Crippen MR) is 57.9 cm³/mol. The highest BCUT2D eigenvalue weighted by molar-refractivity contribution is 5.87. The number of unbranched alkanes of at least 4 members (excludes halogenated alkanes) is 1. The van der Waals surface area contributed by atoms with E-state index in [1.54, 1.807) is 13.0 Å². The molecule has 0 amide bonds. The second-order valence-corrected chi connectivity index (χ2v) is 4.14. The molecule has 0 atom stereocenters. The minimum Gasteiger partial charge on any atom is -0.462 e. The molecular weight excluding hydrogens is 178 g/mol. The van der Waals surface area contributed by atoms with Gasteiger partial charge in [0, 0.05) is 11.1 Å². The number of carbonyl (C=O) groups is 1. The van der Waals surface area contributed by atoms with Gasteiger partial charge < -0.3 is 10.5 Å². The van der Waals surface area contributed by atoms with Crippen LogP contribution in [0.15, 0.2) is 11.6 Å². The van der Waals surface area contributed by atoms with E-state index in [1.165, 1.54) is 0 Å². The van der Waals surface area contributed by atoms with Gasteiger partial charge in [-0.3, -0.25) is 0 Å². The Morgan fingerprint density at radius 1 is 1.50 bits per heavy atom. The van der Waals surface area contributed by atoms with Gasteiger partial charge >= 0.3 is 5.97 Å². The Kier molecular flexibility index (Phi) is 5.46. The number of carbonyl (C=O) groups excluding carboxylic acids is 1. The molecule has 0 aromatic carbocycles. The summed E-state index contributed by atoms with van der Waals surface area (Å²) in [6, 6.07) is 0. The maximum Gasteiger partial charge on any atom is 0.333 e. The molecule has 14 heavy (non-hydrogen) atoms. The van der Waals surface area contributed by atoms with Crippen molar-refractivity contribution in [1.29, 1.82) is 0 Å². The van der Waals surface area contributed by atoms with Crippen molar-refractivity contribution in [3.8, 4) is 0 Å². The van der Waals surface area contributed by atoms with Gasteiger partial charge in [-0.15, -0.1) is 0 Å². The maximum atomic E-state index is 11.3. The van der Waals surface area contributed by atoms with Gasteiger partial charge in [0.1, 0.15) is 0 Å². The summed E-state index contributed by atoms with van der Waals surface area (Å²) < 4.78 is 5.03. The summed E-state index contributed by atoms with van der Waals surface area (Å²) in [6.07, 6.45) is 3.66. The van der Waals surface area contributed by atoms with Crippen LogP contribution in [0, 0.1) is 0 Å². The molecule has 0 aliphatic rings. The molecule has 0 heterocycles. The van der Waals surface area contributed by atoms with Gasteiger partial charge in [0.25, 0.3) is 0 Å². The van der Waals surface area contributed by atoms with Crippen LogP contribution in [0.2, 0.25) is 0 Å². The maximum absolute atomic E-state index is 11.3. The van der Waals surface area contributed by atoms with E-state index in [-0.39, 0.29) is 5.97 Å². The van der Waals surface area contributed by atoms with E-state index < -0.39 is 5.54 Å². The highest BCUT2D eigenvalue weighted by Gasteiger charge is 2.11. The molecule has 0 aromatic rings. The van der Waals surface area contributed by atoms with E-state index in [9.17, 15) is 4.79 Å². The largest absolute Gasteiger partial charge is 0.462 e. The van der Waals surface area contributed by atoms with Crippen molar-refractivity contribution >= 4 is 5.97 Å². The fourth-order valence-corrected chi connectivity index (χ4v) is 1.04. The number of hydrogen-bond acceptors (Lipinski definition) is 3. The SMILES string of the molecule is CCCCOC(=O)/C(C)=C/C(C)(C)N. The highest BCUT2D eigenvalue weighted by atomic mass is 16.5. The molecule has 2 N–H and O–H groups in total. The Bertz CT molecular complexity index is 214. The minimum atomic E-state index is -0.464. The summed E-state index contributed by atoms with van der Waals surface area (Å²) in [4.78, 5) is 11.3. The molecule has 0 rings (SSSR count). The first-order valence-electron chi connectivity index (χ1n) is 5.02. The van der Waals surface area contributed by atoms with Crippen molar-refractivity contribution < 1.29 is 9.53 Å². The fourth-order valence-electron chi connectivity index (χ4n) is 1.04. The van der Waals surface area contributed by atoms with Gasteiger partial charge in [0.15, 0.2) is 0 Å². The average molecular weight is 199 g/mol. The topological polar surface area (TPSA) is 52.3 Å². The average Bonchev–Trinajstić information content (AvgIpc) is 2.01. The summed E-state index contributed by atoms with van der Waals surface area (Å²) in [5.41, 5.74) is 5.86. The molecule has 0 radical (unpaired) electrons. The van der Waals surface area contributed by atoms with Crippen molar-refractivity contribution in [3.63, 3.8) is 0 Å². The van der Waals surface area contributed by atoms with E-state index >= 15 is 0 Å². The Morgan fingerprint density at radius 3 is 2.50 bits per heavy atom. The molecule has 0 aliphatic heterocycles. The standard InChI is InChI=1S/C11H21NO2/c1-5-6-7-14-10(13)9(2)8-11(3,4)12/h8H,5-7,12H2,1-4H3/b9-8+. The minimum absolute atomic E-state index is 0.267. The number of hydrogen-bond donors (Lipinski definition) is 1. The van der Waals surface area contributed by atoms with E-state index in [2.05, 4.69) is 6.92 Å². The molecule has 0 unspecified atom stereocenters. The molecule has 0 saturated carbocycles. The third kappa shape index (κ3) is 6.66. The van der Waals surface area contributed by atoms with Gasteiger partial charge in [0.05, 0.1) is 6.61 Å². The van der Waals surface area contributed by atoms with Crippen LogP contribution in [0.25, 0.3) is 0 Å². The first-order chi connectivity index (χ1) is 6.37. The zero-order chi connectivity index (χ0) is 11.2. The van der Waals surface area contributed by atoms with E-state index in [0.29, 0.717) is 12.2 Å². The van der Waals surface area contributed by atoms with Crippen LogP contribution in [-0.2, 0) is 9.53 Å². The Labute approximate surface area is 86.3 Å². The summed E-state index contributed by atoms with van der Waals surface area (Å²) in [5, 5.41) is 0. The summed E-state index contributed by atoms with van der Waals surface area (Å²) >= 11 is 0. The first-order valence-corrected chi connectivity index (χ1v) is 5.02. The van der Waals surface area contributed by atoms with Crippen molar-refractivity contribution in [1.82, 2.24) is 0 Å². The predicted octanol–water partition coefficient (Wildman–Crippen LogP) is 2.01. The summed E-state index contributed by atoms with van der Waals surface area (Å²) in [5.74, 6) is -0.267. The quantitative estimate of drug-likeness (QED) is 0.418. The molecule has 3 nitrogen and oxygen atoms in total. The number of rotatable bonds is 5.